The van der Waals surface area contributed by atoms with E-state index in [0.29, 0.717) is 5.56 Å². The van der Waals surface area contributed by atoms with Gasteiger partial charge in [-0.15, -0.1) is 0 Å². The van der Waals surface area contributed by atoms with Gasteiger partial charge in [-0.05, 0) is 30.3 Å². The predicted molar refractivity (Wildman–Crippen MR) is 61.0 cm³/mol. The summed E-state index contributed by atoms with van der Waals surface area (Å²) in [7, 11) is 0. The van der Waals surface area contributed by atoms with Crippen LogP contribution < -0.4 is 0 Å². The number of carbonyl (C=O) groups is 1. The minimum absolute atomic E-state index is 0.196. The second-order valence-corrected chi connectivity index (χ2v) is 3.45. The zero-order valence-electron chi connectivity index (χ0n) is 8.80. The first-order chi connectivity index (χ1) is 8.22. The van der Waals surface area contributed by atoms with Crippen molar-refractivity contribution in [3.63, 3.8) is 0 Å². The molecule has 4 heteroatoms. The van der Waals surface area contributed by atoms with Crippen molar-refractivity contribution in [1.29, 1.82) is 5.39 Å². The number of rotatable bonds is 2. The number of carbonyl (C=O) groups excluding carboxylic acids is 1. The van der Waals surface area contributed by atoms with Crippen molar-refractivity contribution in [2.45, 2.75) is 0 Å². The second-order valence-electron chi connectivity index (χ2n) is 3.45. The second kappa shape index (κ2) is 4.54. The van der Waals surface area contributed by atoms with Gasteiger partial charge in [0, 0.05) is 11.6 Å². The van der Waals surface area contributed by atoms with E-state index in [-0.39, 0.29) is 17.0 Å². The molecule has 0 radical (unpaired) electrons. The summed E-state index contributed by atoms with van der Waals surface area (Å²) >= 11 is 0. The summed E-state index contributed by atoms with van der Waals surface area (Å²) in [4.78, 5) is 15.1. The van der Waals surface area contributed by atoms with Crippen LogP contribution in [-0.4, -0.2) is 5.78 Å². The monoisotopic (exact) mass is 227 g/mol. The highest BCUT2D eigenvalue weighted by Gasteiger charge is 2.20. The Morgan fingerprint density at radius 1 is 1.06 bits per heavy atom. The van der Waals surface area contributed by atoms with Gasteiger partial charge >= 0.3 is 5.69 Å². The normalized spacial score (nSPS) is 9.65. The van der Waals surface area contributed by atoms with Gasteiger partial charge < -0.3 is 0 Å². The molecule has 0 saturated heterocycles. The maximum atomic E-state index is 12.7. The molecular weight excluding hydrogens is 219 g/mol. The van der Waals surface area contributed by atoms with Gasteiger partial charge in [0.1, 0.15) is 11.4 Å². The molecule has 0 N–H and O–H groups in total. The molecule has 2 aromatic carbocycles. The van der Waals surface area contributed by atoms with E-state index in [2.05, 4.69) is 4.98 Å². The van der Waals surface area contributed by atoms with E-state index in [9.17, 15) is 9.18 Å². The molecule has 0 aliphatic carbocycles. The summed E-state index contributed by atoms with van der Waals surface area (Å²) in [6.07, 6.45) is 0. The van der Waals surface area contributed by atoms with Crippen LogP contribution in [0.3, 0.4) is 0 Å². The van der Waals surface area contributed by atoms with Crippen molar-refractivity contribution in [3.8, 4) is 0 Å². The first-order valence-electron chi connectivity index (χ1n) is 4.97. The molecule has 0 unspecified atom stereocenters. The molecule has 0 spiro atoms. The van der Waals surface area contributed by atoms with Crippen LogP contribution >= 0.6 is 0 Å². The van der Waals surface area contributed by atoms with Gasteiger partial charge in [-0.25, -0.2) is 4.39 Å². The smallest absolute Gasteiger partial charge is 0.288 e. The molecule has 0 aromatic heterocycles. The van der Waals surface area contributed by atoms with Crippen LogP contribution in [0.4, 0.5) is 10.1 Å². The molecule has 2 aromatic rings. The van der Waals surface area contributed by atoms with E-state index in [4.69, 9.17) is 5.39 Å². The number of benzene rings is 2. The Morgan fingerprint density at radius 3 is 2.35 bits per heavy atom. The van der Waals surface area contributed by atoms with Crippen molar-refractivity contribution in [2.75, 3.05) is 0 Å². The Hall–Kier alpha value is -2.54. The van der Waals surface area contributed by atoms with Crippen LogP contribution in [0.2, 0.25) is 0 Å². The van der Waals surface area contributed by atoms with Crippen molar-refractivity contribution in [1.82, 2.24) is 0 Å². The minimum atomic E-state index is -0.401. The highest BCUT2D eigenvalue weighted by atomic mass is 19.1. The summed E-state index contributed by atoms with van der Waals surface area (Å²) < 4.78 is 12.7. The van der Waals surface area contributed by atoms with Gasteiger partial charge in [0.25, 0.3) is 0 Å². The first kappa shape index (κ1) is 11.0. The summed E-state index contributed by atoms with van der Waals surface area (Å²) in [6, 6.07) is 11.6. The summed E-state index contributed by atoms with van der Waals surface area (Å²) in [6.45, 7) is 0. The summed E-state index contributed by atoms with van der Waals surface area (Å²) in [5.41, 5.74) is 0.825. The van der Waals surface area contributed by atoms with Crippen LogP contribution in [0, 0.1) is 11.2 Å². The highest BCUT2D eigenvalue weighted by molar-refractivity contribution is 6.12. The van der Waals surface area contributed by atoms with E-state index < -0.39 is 5.82 Å². The van der Waals surface area contributed by atoms with Crippen molar-refractivity contribution < 1.29 is 9.18 Å². The topological polar surface area (TPSA) is 45.2 Å². The standard InChI is InChI=1S/C13H8FN2O/c14-10-7-5-9(6-8-10)13(17)11-3-1-2-4-12(11)16-15/h1-8H/q+1. The molecule has 2 rings (SSSR count). The van der Waals surface area contributed by atoms with Gasteiger partial charge in [0.05, 0.1) is 0 Å². The van der Waals surface area contributed by atoms with E-state index in [1.807, 2.05) is 0 Å². The molecule has 0 saturated carbocycles. The Kier molecular flexibility index (Phi) is 2.93. The lowest BCUT2D eigenvalue weighted by atomic mass is 10.0. The number of ketones is 1. The van der Waals surface area contributed by atoms with Crippen LogP contribution in [0.5, 0.6) is 0 Å². The average Bonchev–Trinajstić information content (AvgIpc) is 2.39. The third kappa shape index (κ3) is 2.18. The zero-order chi connectivity index (χ0) is 12.3. The number of halogens is 1. The van der Waals surface area contributed by atoms with Crippen molar-refractivity contribution in [2.24, 2.45) is 0 Å². The minimum Gasteiger partial charge on any atom is -0.288 e. The number of nitrogens with zero attached hydrogens (tertiary/aromatic N) is 2. The number of hydrogen-bond acceptors (Lipinski definition) is 2. The van der Waals surface area contributed by atoms with E-state index in [0.717, 1.165) is 0 Å². The van der Waals surface area contributed by atoms with Crippen LogP contribution in [0.15, 0.2) is 48.5 Å². The Balaban J connectivity index is 2.44. The summed E-state index contributed by atoms with van der Waals surface area (Å²) in [5.74, 6) is -0.708. The SMILES string of the molecule is N#[N+]c1ccccc1C(=O)c1ccc(F)cc1. The van der Waals surface area contributed by atoms with Gasteiger partial charge in [-0.2, -0.15) is 0 Å². The highest BCUT2D eigenvalue weighted by Crippen LogP contribution is 2.21. The first-order valence-corrected chi connectivity index (χ1v) is 4.97. The molecule has 0 atom stereocenters. The summed E-state index contributed by atoms with van der Waals surface area (Å²) in [5, 5.41) is 8.77. The Morgan fingerprint density at radius 2 is 1.71 bits per heavy atom. The lowest BCUT2D eigenvalue weighted by Gasteiger charge is -1.98. The number of hydrogen-bond donors (Lipinski definition) is 0. The van der Waals surface area contributed by atoms with Gasteiger partial charge in [-0.3, -0.25) is 4.79 Å². The molecule has 0 aliphatic heterocycles. The van der Waals surface area contributed by atoms with E-state index in [1.54, 1.807) is 18.2 Å². The van der Waals surface area contributed by atoms with E-state index >= 15 is 0 Å². The molecule has 0 amide bonds. The van der Waals surface area contributed by atoms with Crippen LogP contribution in [0.1, 0.15) is 15.9 Å². The fraction of sp³-hybridized carbons (Fsp3) is 0. The third-order valence-corrected chi connectivity index (χ3v) is 2.36. The fourth-order valence-corrected chi connectivity index (χ4v) is 1.51. The van der Waals surface area contributed by atoms with E-state index in [1.165, 1.54) is 30.3 Å². The van der Waals surface area contributed by atoms with Crippen LogP contribution in [0.25, 0.3) is 4.98 Å². The zero-order valence-corrected chi connectivity index (χ0v) is 8.80. The average molecular weight is 227 g/mol. The van der Waals surface area contributed by atoms with Crippen molar-refractivity contribution >= 4 is 11.5 Å². The van der Waals surface area contributed by atoms with Gasteiger partial charge in [-0.1, -0.05) is 12.1 Å². The molecule has 17 heavy (non-hydrogen) atoms. The third-order valence-electron chi connectivity index (χ3n) is 2.36. The van der Waals surface area contributed by atoms with Crippen LogP contribution in [-0.2, 0) is 0 Å². The molecule has 0 heterocycles. The maximum Gasteiger partial charge on any atom is 0.396 e. The molecule has 0 fully saturated rings. The quantitative estimate of drug-likeness (QED) is 0.581. The number of diazo groups is 1. The Bertz CT molecular complexity index is 600. The molecule has 3 nitrogen and oxygen atoms in total. The molecule has 82 valence electrons. The molecular formula is C13H8FN2O+. The largest absolute Gasteiger partial charge is 0.396 e. The Labute approximate surface area is 97.1 Å². The molecule has 0 aliphatic rings. The van der Waals surface area contributed by atoms with Crippen molar-refractivity contribution in [3.05, 3.63) is 70.5 Å². The predicted octanol–water partition coefficient (Wildman–Crippen LogP) is 3.54. The lowest BCUT2D eigenvalue weighted by molar-refractivity contribution is 0.103. The van der Waals surface area contributed by atoms with Gasteiger partial charge in [0.15, 0.2) is 4.98 Å². The van der Waals surface area contributed by atoms with Gasteiger partial charge in [0.2, 0.25) is 11.2 Å². The molecule has 0 bridgehead atoms. The lowest BCUT2D eigenvalue weighted by Crippen LogP contribution is -2.01. The fourth-order valence-electron chi connectivity index (χ4n) is 1.51. The maximum absolute atomic E-state index is 12.7.